The number of carbonyl (C=O) groups is 1. The molecule has 10 nitrogen and oxygen atoms in total. The van der Waals surface area contributed by atoms with Crippen LogP contribution in [0.4, 0.5) is 30.4 Å². The summed E-state index contributed by atoms with van der Waals surface area (Å²) < 4.78 is 39.9. The number of rotatable bonds is 3. The fourth-order valence-corrected chi connectivity index (χ4v) is 3.89. The van der Waals surface area contributed by atoms with Crippen molar-refractivity contribution >= 4 is 34.8 Å². The van der Waals surface area contributed by atoms with Crippen LogP contribution in [0.15, 0.2) is 33.9 Å². The van der Waals surface area contributed by atoms with Crippen LogP contribution in [0.2, 0.25) is 5.02 Å². The maximum Gasteiger partial charge on any atom is 0.493 e. The number of piperazine rings is 1. The van der Waals surface area contributed by atoms with E-state index in [9.17, 15) is 27.6 Å². The van der Waals surface area contributed by atoms with Gasteiger partial charge in [-0.2, -0.15) is 13.2 Å². The van der Waals surface area contributed by atoms with E-state index < -0.39 is 29.7 Å². The van der Waals surface area contributed by atoms with Crippen LogP contribution in [0.1, 0.15) is 0 Å². The average molecular weight is 475 g/mol. The Hall–Kier alpha value is -3.03. The molecule has 0 radical (unpaired) electrons. The predicted molar refractivity (Wildman–Crippen MR) is 109 cm³/mol. The van der Waals surface area contributed by atoms with Crippen LogP contribution in [0.5, 0.6) is 0 Å². The molecule has 0 spiro atoms. The van der Waals surface area contributed by atoms with Gasteiger partial charge in [-0.1, -0.05) is 23.7 Å². The van der Waals surface area contributed by atoms with Crippen molar-refractivity contribution in [3.05, 3.63) is 50.1 Å². The van der Waals surface area contributed by atoms with E-state index in [0.29, 0.717) is 31.2 Å². The van der Waals surface area contributed by atoms with Gasteiger partial charge in [-0.25, -0.2) is 9.59 Å². The molecule has 3 heterocycles. The first-order valence-electron chi connectivity index (χ1n) is 9.51. The number of aromatic amines is 1. The molecule has 14 heteroatoms. The van der Waals surface area contributed by atoms with Crippen molar-refractivity contribution < 1.29 is 22.8 Å². The zero-order chi connectivity index (χ0) is 23.2. The largest absolute Gasteiger partial charge is 0.493 e. The molecule has 2 aliphatic heterocycles. The van der Waals surface area contributed by atoms with Crippen molar-refractivity contribution in [2.24, 2.45) is 7.05 Å². The molecule has 1 fully saturated rings. The fraction of sp³-hybridized carbons (Fsp3) is 0.389. The van der Waals surface area contributed by atoms with Gasteiger partial charge in [0.05, 0.1) is 10.7 Å². The van der Waals surface area contributed by atoms with Gasteiger partial charge in [0.25, 0.3) is 5.56 Å². The fourth-order valence-electron chi connectivity index (χ4n) is 3.66. The van der Waals surface area contributed by atoms with Crippen molar-refractivity contribution in [3.8, 4) is 0 Å². The molecule has 172 valence electrons. The lowest BCUT2D eigenvalue weighted by molar-refractivity contribution is -0.203. The Morgan fingerprint density at radius 1 is 1.19 bits per heavy atom. The Labute approximate surface area is 183 Å². The normalized spacial score (nSPS) is 19.2. The highest BCUT2D eigenvalue weighted by atomic mass is 35.5. The molecule has 32 heavy (non-hydrogen) atoms. The van der Waals surface area contributed by atoms with Gasteiger partial charge in [-0.15, -0.1) is 5.06 Å². The van der Waals surface area contributed by atoms with Gasteiger partial charge in [0.15, 0.2) is 11.5 Å². The highest BCUT2D eigenvalue weighted by molar-refractivity contribution is 6.33. The Balaban J connectivity index is 1.96. The highest BCUT2D eigenvalue weighted by Gasteiger charge is 2.50. The van der Waals surface area contributed by atoms with Crippen LogP contribution >= 0.6 is 11.6 Å². The lowest BCUT2D eigenvalue weighted by atomic mass is 10.2. The predicted octanol–water partition coefficient (Wildman–Crippen LogP) is 0.894. The smallest absolute Gasteiger partial charge is 0.327 e. The zero-order valence-corrected chi connectivity index (χ0v) is 17.4. The third kappa shape index (κ3) is 3.72. The minimum atomic E-state index is -5.30. The molecule has 2 aliphatic rings. The lowest BCUT2D eigenvalue weighted by Gasteiger charge is -2.40. The van der Waals surface area contributed by atoms with E-state index in [1.165, 1.54) is 11.9 Å². The van der Waals surface area contributed by atoms with Crippen LogP contribution in [0, 0.1) is 0 Å². The second-order valence-electron chi connectivity index (χ2n) is 7.15. The standard InChI is InChI=1S/C18H18ClF3N6O4/c1-25-14(29)12-13(24-16(25)31)28(32-15(30)18(20,21)22)17(26-8-6-23-7-9-26)27(12)11-5-3-2-4-10(11)19/h2-5,17,23H,6-9H2,1H3,(H,24,31). The second kappa shape index (κ2) is 8.15. The maximum atomic E-state index is 13.1. The minimum Gasteiger partial charge on any atom is -0.327 e. The Bertz CT molecular complexity index is 1160. The summed E-state index contributed by atoms with van der Waals surface area (Å²) in [7, 11) is 1.22. The van der Waals surface area contributed by atoms with Gasteiger partial charge in [-0.3, -0.25) is 24.1 Å². The summed E-state index contributed by atoms with van der Waals surface area (Å²) in [5.74, 6) is -2.87. The summed E-state index contributed by atoms with van der Waals surface area (Å²) in [6.45, 7) is 1.70. The van der Waals surface area contributed by atoms with Crippen LogP contribution in [0.3, 0.4) is 0 Å². The minimum absolute atomic E-state index is 0.182. The van der Waals surface area contributed by atoms with Gasteiger partial charge in [0.1, 0.15) is 0 Å². The van der Waals surface area contributed by atoms with Crippen molar-refractivity contribution in [2.75, 3.05) is 36.1 Å². The number of hydrogen-bond acceptors (Lipinski definition) is 8. The van der Waals surface area contributed by atoms with Crippen LogP contribution < -0.4 is 26.5 Å². The average Bonchev–Trinajstić information content (AvgIpc) is 3.06. The highest BCUT2D eigenvalue weighted by Crippen LogP contribution is 2.44. The number of hydroxylamine groups is 1. The van der Waals surface area contributed by atoms with Gasteiger partial charge in [0.2, 0.25) is 6.29 Å². The van der Waals surface area contributed by atoms with Gasteiger partial charge in [0, 0.05) is 33.2 Å². The summed E-state index contributed by atoms with van der Waals surface area (Å²) in [6, 6.07) is 6.40. The first-order chi connectivity index (χ1) is 15.1. The Kier molecular flexibility index (Phi) is 5.65. The number of carbonyl (C=O) groups excluding carboxylic acids is 1. The number of benzene rings is 1. The number of halogens is 4. The summed E-state index contributed by atoms with van der Waals surface area (Å²) in [5, 5.41) is 3.94. The molecule has 0 bridgehead atoms. The molecule has 2 N–H and O–H groups in total. The molecule has 1 atom stereocenters. The summed E-state index contributed by atoms with van der Waals surface area (Å²) in [4.78, 5) is 47.3. The first-order valence-corrected chi connectivity index (χ1v) is 9.89. The lowest BCUT2D eigenvalue weighted by Crippen LogP contribution is -2.60. The van der Waals surface area contributed by atoms with Crippen molar-refractivity contribution in [2.45, 2.75) is 12.5 Å². The number of alkyl halides is 3. The number of aromatic nitrogens is 2. The number of nitrogens with zero attached hydrogens (tertiary/aromatic N) is 4. The van der Waals surface area contributed by atoms with Crippen molar-refractivity contribution in [1.29, 1.82) is 0 Å². The van der Waals surface area contributed by atoms with Gasteiger partial charge >= 0.3 is 17.8 Å². The molecule has 1 aromatic heterocycles. The van der Waals surface area contributed by atoms with E-state index in [1.807, 2.05) is 0 Å². The van der Waals surface area contributed by atoms with Crippen LogP contribution in [0.25, 0.3) is 0 Å². The SMILES string of the molecule is Cn1c(=O)[nH]c2c(c1=O)N(c1ccccc1Cl)C(N1CCNCC1)N2OC(=O)C(F)(F)F. The summed E-state index contributed by atoms with van der Waals surface area (Å²) >= 11 is 6.36. The number of fused-ring (bicyclic) bond motifs is 1. The first kappa shape index (κ1) is 22.2. The molecule has 1 saturated heterocycles. The topological polar surface area (TPSA) is 103 Å². The van der Waals surface area contributed by atoms with E-state index in [2.05, 4.69) is 10.3 Å². The summed E-state index contributed by atoms with van der Waals surface area (Å²) in [6.07, 6.45) is -6.50. The number of para-hydroxylation sites is 1. The molecule has 1 unspecified atom stereocenters. The van der Waals surface area contributed by atoms with E-state index in [4.69, 9.17) is 16.4 Å². The molecule has 4 rings (SSSR count). The number of hydrogen-bond donors (Lipinski definition) is 2. The molecule has 0 saturated carbocycles. The van der Waals surface area contributed by atoms with Crippen LogP contribution in [-0.2, 0) is 16.7 Å². The maximum absolute atomic E-state index is 13.1. The van der Waals surface area contributed by atoms with Crippen molar-refractivity contribution in [3.63, 3.8) is 0 Å². The van der Waals surface area contributed by atoms with Crippen molar-refractivity contribution in [1.82, 2.24) is 19.8 Å². The Morgan fingerprint density at radius 3 is 2.47 bits per heavy atom. The van der Waals surface area contributed by atoms with E-state index in [-0.39, 0.29) is 22.2 Å². The zero-order valence-electron chi connectivity index (χ0n) is 16.6. The van der Waals surface area contributed by atoms with E-state index >= 15 is 0 Å². The molecular formula is C18H18ClF3N6O4. The molecule has 0 amide bonds. The summed E-state index contributed by atoms with van der Waals surface area (Å²) in [5.41, 5.74) is -1.58. The molecular weight excluding hydrogens is 457 g/mol. The van der Waals surface area contributed by atoms with Crippen LogP contribution in [-0.4, -0.2) is 59.1 Å². The second-order valence-corrected chi connectivity index (χ2v) is 7.55. The number of nitrogens with one attached hydrogen (secondary N) is 2. The molecule has 0 aliphatic carbocycles. The van der Waals surface area contributed by atoms with E-state index in [1.54, 1.807) is 29.2 Å². The third-order valence-electron chi connectivity index (χ3n) is 5.17. The van der Waals surface area contributed by atoms with Gasteiger partial charge in [-0.05, 0) is 12.1 Å². The third-order valence-corrected chi connectivity index (χ3v) is 5.49. The molecule has 2 aromatic rings. The monoisotopic (exact) mass is 474 g/mol. The molecule has 1 aromatic carbocycles. The van der Waals surface area contributed by atoms with Gasteiger partial charge < -0.3 is 10.2 Å². The number of H-pyrrole nitrogens is 1. The number of anilines is 3. The van der Waals surface area contributed by atoms with E-state index in [0.717, 1.165) is 4.57 Å². The Morgan fingerprint density at radius 2 is 1.84 bits per heavy atom. The quantitative estimate of drug-likeness (QED) is 0.676.